The zero-order valence-electron chi connectivity index (χ0n) is 15.9. The van der Waals surface area contributed by atoms with Crippen LogP contribution in [0.1, 0.15) is 47.3 Å². The monoisotopic (exact) mass is 389 g/mol. The third-order valence-electron chi connectivity index (χ3n) is 4.37. The van der Waals surface area contributed by atoms with E-state index < -0.39 is 0 Å². The topological polar surface area (TPSA) is 98.7 Å². The maximum Gasteiger partial charge on any atom is 0.343 e. The Morgan fingerprint density at radius 2 is 2.07 bits per heavy atom. The van der Waals surface area contributed by atoms with Crippen molar-refractivity contribution in [1.82, 2.24) is 24.5 Å². The highest BCUT2D eigenvalue weighted by Crippen LogP contribution is 2.23. The molecule has 27 heavy (non-hydrogen) atoms. The van der Waals surface area contributed by atoms with Gasteiger partial charge in [0, 0.05) is 29.6 Å². The minimum Gasteiger partial charge on any atom is -0.360 e. The first kappa shape index (κ1) is 19.2. The molecule has 3 aromatic heterocycles. The molecule has 3 heterocycles. The Balaban J connectivity index is 1.77. The number of H-pyrrole nitrogens is 1. The van der Waals surface area contributed by atoms with Crippen LogP contribution in [0.5, 0.6) is 0 Å². The third kappa shape index (κ3) is 3.92. The first-order chi connectivity index (χ1) is 12.9. The molecule has 0 atom stereocenters. The van der Waals surface area contributed by atoms with Crippen molar-refractivity contribution in [2.75, 3.05) is 5.75 Å². The van der Waals surface area contributed by atoms with Crippen LogP contribution in [0.3, 0.4) is 0 Å². The number of nitrogens with zero attached hydrogens (tertiary/aromatic N) is 4. The molecule has 0 saturated heterocycles. The third-order valence-corrected chi connectivity index (χ3v) is 5.34. The van der Waals surface area contributed by atoms with Gasteiger partial charge < -0.3 is 4.52 Å². The number of hydrogen-bond donors (Lipinski definition) is 1. The number of aryl methyl sites for hydroxylation is 2. The molecular formula is C18H23N5O3S. The Kier molecular flexibility index (Phi) is 5.69. The molecule has 144 valence electrons. The lowest BCUT2D eigenvalue weighted by Gasteiger charge is -2.06. The highest BCUT2D eigenvalue weighted by Gasteiger charge is 2.19. The molecule has 0 aliphatic rings. The van der Waals surface area contributed by atoms with E-state index in [0.29, 0.717) is 28.8 Å². The van der Waals surface area contributed by atoms with Crippen molar-refractivity contribution in [3.63, 3.8) is 0 Å². The summed E-state index contributed by atoms with van der Waals surface area (Å²) < 4.78 is 8.64. The quantitative estimate of drug-likeness (QED) is 0.470. The highest BCUT2D eigenvalue weighted by atomic mass is 32.2. The number of unbranched alkanes of at least 4 members (excludes halogenated alkanes) is 1. The Bertz CT molecular complexity index is 1010. The maximum absolute atomic E-state index is 12.8. The predicted octanol–water partition coefficient (Wildman–Crippen LogP) is 3.05. The average molecular weight is 389 g/mol. The van der Waals surface area contributed by atoms with Gasteiger partial charge in [0.2, 0.25) is 0 Å². The molecule has 0 aliphatic heterocycles. The summed E-state index contributed by atoms with van der Waals surface area (Å²) in [4.78, 5) is 24.6. The summed E-state index contributed by atoms with van der Waals surface area (Å²) in [6, 6.07) is 3.69. The molecule has 0 fully saturated rings. The van der Waals surface area contributed by atoms with Gasteiger partial charge in [0.15, 0.2) is 16.8 Å². The van der Waals surface area contributed by atoms with Crippen LogP contribution < -0.4 is 5.69 Å². The number of thioether (sulfide) groups is 1. The van der Waals surface area contributed by atoms with Crippen LogP contribution in [0.15, 0.2) is 26.6 Å². The highest BCUT2D eigenvalue weighted by molar-refractivity contribution is 7.99. The average Bonchev–Trinajstić information content (AvgIpc) is 3.29. The van der Waals surface area contributed by atoms with Crippen molar-refractivity contribution in [3.8, 4) is 5.82 Å². The van der Waals surface area contributed by atoms with Gasteiger partial charge >= 0.3 is 5.69 Å². The summed E-state index contributed by atoms with van der Waals surface area (Å²) in [5.74, 6) is 1.56. The zero-order valence-corrected chi connectivity index (χ0v) is 16.7. The Morgan fingerprint density at radius 3 is 2.74 bits per heavy atom. The summed E-state index contributed by atoms with van der Waals surface area (Å²) in [7, 11) is 0. The van der Waals surface area contributed by atoms with E-state index >= 15 is 0 Å². The first-order valence-electron chi connectivity index (χ1n) is 8.86. The predicted molar refractivity (Wildman–Crippen MR) is 103 cm³/mol. The van der Waals surface area contributed by atoms with Crippen LogP contribution in [0, 0.1) is 20.8 Å². The van der Waals surface area contributed by atoms with Crippen molar-refractivity contribution < 1.29 is 9.32 Å². The molecule has 8 nitrogen and oxygen atoms in total. The molecule has 0 amide bonds. The van der Waals surface area contributed by atoms with Gasteiger partial charge in [-0.15, -0.1) is 5.10 Å². The van der Waals surface area contributed by atoms with E-state index in [4.69, 9.17) is 4.52 Å². The molecule has 0 spiro atoms. The largest absolute Gasteiger partial charge is 0.360 e. The summed E-state index contributed by atoms with van der Waals surface area (Å²) in [5, 5.41) is 11.1. The molecule has 0 unspecified atom stereocenters. The second-order valence-corrected chi connectivity index (χ2v) is 7.39. The van der Waals surface area contributed by atoms with Crippen molar-refractivity contribution in [1.29, 1.82) is 0 Å². The number of aromatic nitrogens is 5. The van der Waals surface area contributed by atoms with Gasteiger partial charge in [-0.3, -0.25) is 13.9 Å². The van der Waals surface area contributed by atoms with E-state index in [0.717, 1.165) is 24.2 Å². The van der Waals surface area contributed by atoms with Gasteiger partial charge in [0.1, 0.15) is 5.76 Å². The lowest BCUT2D eigenvalue weighted by Crippen LogP contribution is -2.18. The van der Waals surface area contributed by atoms with E-state index in [1.54, 1.807) is 4.57 Å². The van der Waals surface area contributed by atoms with Gasteiger partial charge in [0.05, 0.1) is 5.75 Å². The number of nitrogens with one attached hydrogen (secondary N) is 1. The maximum atomic E-state index is 12.8. The van der Waals surface area contributed by atoms with Gasteiger partial charge in [-0.2, -0.15) is 0 Å². The minimum absolute atomic E-state index is 0.0166. The summed E-state index contributed by atoms with van der Waals surface area (Å²) >= 11 is 1.27. The van der Waals surface area contributed by atoms with Crippen LogP contribution in [0.2, 0.25) is 0 Å². The number of carbonyl (C=O) groups is 1. The normalized spacial score (nSPS) is 11.3. The zero-order chi connectivity index (χ0) is 19.6. The van der Waals surface area contributed by atoms with E-state index in [-0.39, 0.29) is 17.2 Å². The molecule has 0 radical (unpaired) electrons. The molecule has 0 aliphatic carbocycles. The molecule has 1 N–H and O–H groups in total. The van der Waals surface area contributed by atoms with Gasteiger partial charge in [-0.25, -0.2) is 9.89 Å². The van der Waals surface area contributed by atoms with Crippen LogP contribution in [0.4, 0.5) is 0 Å². The number of hydrogen-bond acceptors (Lipinski definition) is 6. The molecule has 0 saturated carbocycles. The lowest BCUT2D eigenvalue weighted by molar-refractivity contribution is 0.102. The summed E-state index contributed by atoms with van der Waals surface area (Å²) in [5.41, 5.74) is 2.13. The number of ketones is 1. The second-order valence-electron chi connectivity index (χ2n) is 6.44. The number of carbonyl (C=O) groups excluding carboxylic acids is 1. The molecule has 0 bridgehead atoms. The van der Waals surface area contributed by atoms with Crippen molar-refractivity contribution >= 4 is 17.5 Å². The summed E-state index contributed by atoms with van der Waals surface area (Å²) in [6.45, 7) is 8.31. The lowest BCUT2D eigenvalue weighted by atomic mass is 10.2. The van der Waals surface area contributed by atoms with Crippen LogP contribution in [-0.4, -0.2) is 36.0 Å². The van der Waals surface area contributed by atoms with E-state index in [2.05, 4.69) is 22.3 Å². The Morgan fingerprint density at radius 1 is 1.30 bits per heavy atom. The van der Waals surface area contributed by atoms with Crippen LogP contribution >= 0.6 is 11.8 Å². The summed E-state index contributed by atoms with van der Waals surface area (Å²) in [6.07, 6.45) is 1.87. The van der Waals surface area contributed by atoms with Gasteiger partial charge in [0.25, 0.3) is 0 Å². The minimum atomic E-state index is -0.238. The number of rotatable bonds is 8. The molecule has 9 heteroatoms. The smallest absolute Gasteiger partial charge is 0.343 e. The second kappa shape index (κ2) is 7.99. The number of aromatic amines is 1. The van der Waals surface area contributed by atoms with E-state index in [9.17, 15) is 9.59 Å². The molecule has 3 aromatic rings. The van der Waals surface area contributed by atoms with Crippen molar-refractivity contribution in [3.05, 3.63) is 45.3 Å². The van der Waals surface area contributed by atoms with Gasteiger partial charge in [-0.1, -0.05) is 30.3 Å². The molecule has 0 aromatic carbocycles. The van der Waals surface area contributed by atoms with Crippen molar-refractivity contribution in [2.45, 2.75) is 52.2 Å². The first-order valence-corrected chi connectivity index (χ1v) is 9.84. The molecular weight excluding hydrogens is 366 g/mol. The standard InChI is InChI=1S/C18H23N5O3S/c1-5-6-7-22-17(25)19-20-18(22)27-10-15(24)14-8-11(2)23(13(14)4)16-9-12(3)26-21-16/h8-9H,5-7,10H2,1-4H3,(H,19,25). The number of Topliss-reactive ketones (excluding diaryl/α,β-unsaturated/α-hetero) is 1. The molecule has 3 rings (SSSR count). The van der Waals surface area contributed by atoms with Crippen LogP contribution in [-0.2, 0) is 6.54 Å². The fourth-order valence-electron chi connectivity index (χ4n) is 2.99. The Labute approximate surface area is 160 Å². The SMILES string of the molecule is CCCCn1c(SCC(=O)c2cc(C)n(-c3cc(C)on3)c2C)n[nH]c1=O. The fraction of sp³-hybridized carbons (Fsp3) is 0.444. The van der Waals surface area contributed by atoms with Crippen molar-refractivity contribution in [2.24, 2.45) is 0 Å². The fourth-order valence-corrected chi connectivity index (χ4v) is 3.85. The van der Waals surface area contributed by atoms with E-state index in [1.807, 2.05) is 37.5 Å². The van der Waals surface area contributed by atoms with Gasteiger partial charge in [-0.05, 0) is 33.3 Å². The Hall–Kier alpha value is -2.55. The van der Waals surface area contributed by atoms with E-state index in [1.165, 1.54) is 11.8 Å². The van der Waals surface area contributed by atoms with Crippen LogP contribution in [0.25, 0.3) is 5.82 Å².